The van der Waals surface area contributed by atoms with E-state index in [0.29, 0.717) is 23.7 Å². The molecule has 2 N–H and O–H groups in total. The predicted octanol–water partition coefficient (Wildman–Crippen LogP) is 3.55. The van der Waals surface area contributed by atoms with E-state index in [4.69, 9.17) is 16.3 Å². The number of nitrogens with zero attached hydrogens (tertiary/aromatic N) is 1. The van der Waals surface area contributed by atoms with Crippen LogP contribution in [-0.2, 0) is 4.74 Å². The van der Waals surface area contributed by atoms with Gasteiger partial charge in [0.1, 0.15) is 0 Å². The number of benzene rings is 1. The molecule has 23 heavy (non-hydrogen) atoms. The Kier molecular flexibility index (Phi) is 6.38. The van der Waals surface area contributed by atoms with Crippen LogP contribution in [0, 0.1) is 6.92 Å². The van der Waals surface area contributed by atoms with Crippen molar-refractivity contribution in [3.63, 3.8) is 0 Å². The van der Waals surface area contributed by atoms with Crippen LogP contribution in [0.25, 0.3) is 0 Å². The fraction of sp³-hybridized carbons (Fsp3) is 0.294. The number of halogens is 1. The number of aromatic nitrogens is 1. The third kappa shape index (κ3) is 5.23. The van der Waals surface area contributed by atoms with Gasteiger partial charge in [-0.05, 0) is 37.1 Å². The standard InChI is InChI=1S/C17H20ClN3O2/c1-12-4-5-14(9-16(12)18)21-15-8-13(10-19-11-15)17(22)20-6-3-7-23-2/h4-5,8-11,21H,3,6-7H2,1-2H3,(H,20,22). The van der Waals surface area contributed by atoms with E-state index in [1.54, 1.807) is 25.6 Å². The average molecular weight is 334 g/mol. The van der Waals surface area contributed by atoms with Crippen molar-refractivity contribution in [1.82, 2.24) is 10.3 Å². The molecule has 0 aliphatic carbocycles. The quantitative estimate of drug-likeness (QED) is 0.760. The number of carbonyl (C=O) groups excluding carboxylic acids is 1. The number of nitrogens with one attached hydrogen (secondary N) is 2. The minimum absolute atomic E-state index is 0.154. The van der Waals surface area contributed by atoms with Crippen molar-refractivity contribution in [3.05, 3.63) is 52.8 Å². The fourth-order valence-corrected chi connectivity index (χ4v) is 2.17. The summed E-state index contributed by atoms with van der Waals surface area (Å²) in [4.78, 5) is 16.2. The van der Waals surface area contributed by atoms with Gasteiger partial charge in [-0.1, -0.05) is 17.7 Å². The van der Waals surface area contributed by atoms with Crippen LogP contribution in [0.4, 0.5) is 11.4 Å². The lowest BCUT2D eigenvalue weighted by molar-refractivity contribution is 0.0948. The van der Waals surface area contributed by atoms with Gasteiger partial charge in [-0.3, -0.25) is 9.78 Å². The summed E-state index contributed by atoms with van der Waals surface area (Å²) in [6.45, 7) is 3.13. The van der Waals surface area contributed by atoms with Crippen LogP contribution in [0.3, 0.4) is 0 Å². The Morgan fingerprint density at radius 3 is 2.83 bits per heavy atom. The Labute approximate surface area is 141 Å². The van der Waals surface area contributed by atoms with Crippen LogP contribution in [-0.4, -0.2) is 31.2 Å². The Hall–Kier alpha value is -2.11. The predicted molar refractivity (Wildman–Crippen MR) is 92.5 cm³/mol. The number of rotatable bonds is 7. The summed E-state index contributed by atoms with van der Waals surface area (Å²) in [5.41, 5.74) is 3.10. The van der Waals surface area contributed by atoms with E-state index >= 15 is 0 Å². The van der Waals surface area contributed by atoms with E-state index in [0.717, 1.165) is 23.4 Å². The monoisotopic (exact) mass is 333 g/mol. The molecule has 122 valence electrons. The molecule has 1 amide bonds. The van der Waals surface area contributed by atoms with Crippen molar-refractivity contribution in [3.8, 4) is 0 Å². The number of ether oxygens (including phenoxy) is 1. The molecule has 0 atom stereocenters. The molecular weight excluding hydrogens is 314 g/mol. The van der Waals surface area contributed by atoms with Crippen LogP contribution in [0.15, 0.2) is 36.7 Å². The number of aryl methyl sites for hydroxylation is 1. The van der Waals surface area contributed by atoms with Gasteiger partial charge in [0.25, 0.3) is 5.91 Å². The fourth-order valence-electron chi connectivity index (χ4n) is 1.99. The summed E-state index contributed by atoms with van der Waals surface area (Å²) in [5, 5.41) is 6.72. The number of pyridine rings is 1. The van der Waals surface area contributed by atoms with Crippen molar-refractivity contribution < 1.29 is 9.53 Å². The SMILES string of the molecule is COCCCNC(=O)c1cncc(Nc2ccc(C)c(Cl)c2)c1. The molecule has 2 aromatic rings. The Bertz CT molecular complexity index is 677. The summed E-state index contributed by atoms with van der Waals surface area (Å²) < 4.78 is 4.95. The van der Waals surface area contributed by atoms with Gasteiger partial charge in [0, 0.05) is 37.2 Å². The van der Waals surface area contributed by atoms with E-state index in [9.17, 15) is 4.79 Å². The first kappa shape index (κ1) is 17.2. The zero-order valence-electron chi connectivity index (χ0n) is 13.2. The van der Waals surface area contributed by atoms with Gasteiger partial charge in [-0.25, -0.2) is 0 Å². The second kappa shape index (κ2) is 8.50. The highest BCUT2D eigenvalue weighted by atomic mass is 35.5. The number of anilines is 2. The van der Waals surface area contributed by atoms with Gasteiger partial charge >= 0.3 is 0 Å². The highest BCUT2D eigenvalue weighted by Crippen LogP contribution is 2.23. The van der Waals surface area contributed by atoms with E-state index in [1.807, 2.05) is 25.1 Å². The number of hydrogen-bond acceptors (Lipinski definition) is 4. The van der Waals surface area contributed by atoms with Crippen molar-refractivity contribution in [2.24, 2.45) is 0 Å². The molecule has 0 aliphatic heterocycles. The third-order valence-electron chi connectivity index (χ3n) is 3.27. The summed E-state index contributed by atoms with van der Waals surface area (Å²) in [7, 11) is 1.64. The second-order valence-electron chi connectivity index (χ2n) is 5.15. The molecular formula is C17H20ClN3O2. The smallest absolute Gasteiger partial charge is 0.252 e. The first-order chi connectivity index (χ1) is 11.1. The van der Waals surface area contributed by atoms with Gasteiger partial charge in [-0.2, -0.15) is 0 Å². The maximum atomic E-state index is 12.1. The molecule has 1 aromatic carbocycles. The average Bonchev–Trinajstić information content (AvgIpc) is 2.55. The second-order valence-corrected chi connectivity index (χ2v) is 5.56. The molecule has 5 nitrogen and oxygen atoms in total. The largest absolute Gasteiger partial charge is 0.385 e. The molecule has 0 aliphatic rings. The van der Waals surface area contributed by atoms with Crippen molar-refractivity contribution in [2.45, 2.75) is 13.3 Å². The van der Waals surface area contributed by atoms with Crippen LogP contribution >= 0.6 is 11.6 Å². The molecule has 2 rings (SSSR count). The number of hydrogen-bond donors (Lipinski definition) is 2. The number of carbonyl (C=O) groups is 1. The zero-order valence-corrected chi connectivity index (χ0v) is 14.0. The summed E-state index contributed by atoms with van der Waals surface area (Å²) >= 11 is 6.11. The van der Waals surface area contributed by atoms with Gasteiger partial charge < -0.3 is 15.4 Å². The molecule has 0 saturated carbocycles. The van der Waals surface area contributed by atoms with Gasteiger partial charge in [-0.15, -0.1) is 0 Å². The molecule has 0 spiro atoms. The molecule has 0 fully saturated rings. The van der Waals surface area contributed by atoms with Crippen molar-refractivity contribution in [2.75, 3.05) is 25.6 Å². The maximum Gasteiger partial charge on any atom is 0.252 e. The summed E-state index contributed by atoms with van der Waals surface area (Å²) in [5.74, 6) is -0.154. The highest BCUT2D eigenvalue weighted by molar-refractivity contribution is 6.31. The minimum Gasteiger partial charge on any atom is -0.385 e. The van der Waals surface area contributed by atoms with Crippen LogP contribution in [0.5, 0.6) is 0 Å². The third-order valence-corrected chi connectivity index (χ3v) is 3.68. The van der Waals surface area contributed by atoms with Gasteiger partial charge in [0.15, 0.2) is 0 Å². The lowest BCUT2D eigenvalue weighted by Crippen LogP contribution is -2.25. The number of amides is 1. The Balaban J connectivity index is 2.01. The van der Waals surface area contributed by atoms with E-state index < -0.39 is 0 Å². The minimum atomic E-state index is -0.154. The topological polar surface area (TPSA) is 63.2 Å². The Morgan fingerprint density at radius 2 is 2.09 bits per heavy atom. The molecule has 0 saturated heterocycles. The molecule has 0 bridgehead atoms. The van der Waals surface area contributed by atoms with Crippen LogP contribution < -0.4 is 10.6 Å². The van der Waals surface area contributed by atoms with Crippen LogP contribution in [0.1, 0.15) is 22.3 Å². The molecule has 1 aromatic heterocycles. The van der Waals surface area contributed by atoms with E-state index in [2.05, 4.69) is 15.6 Å². The van der Waals surface area contributed by atoms with Gasteiger partial charge in [0.2, 0.25) is 0 Å². The molecule has 1 heterocycles. The van der Waals surface area contributed by atoms with Crippen LogP contribution in [0.2, 0.25) is 5.02 Å². The highest BCUT2D eigenvalue weighted by Gasteiger charge is 2.07. The van der Waals surface area contributed by atoms with E-state index in [-0.39, 0.29) is 5.91 Å². The van der Waals surface area contributed by atoms with E-state index in [1.165, 1.54) is 0 Å². The summed E-state index contributed by atoms with van der Waals surface area (Å²) in [6, 6.07) is 7.46. The molecule has 0 radical (unpaired) electrons. The first-order valence-corrected chi connectivity index (χ1v) is 7.73. The van der Waals surface area contributed by atoms with Crippen molar-refractivity contribution >= 4 is 28.9 Å². The van der Waals surface area contributed by atoms with Crippen molar-refractivity contribution in [1.29, 1.82) is 0 Å². The normalized spacial score (nSPS) is 10.4. The van der Waals surface area contributed by atoms with Gasteiger partial charge in [0.05, 0.1) is 17.4 Å². The zero-order chi connectivity index (χ0) is 16.7. The molecule has 6 heteroatoms. The first-order valence-electron chi connectivity index (χ1n) is 7.35. The maximum absolute atomic E-state index is 12.1. The lowest BCUT2D eigenvalue weighted by atomic mass is 10.2. The lowest BCUT2D eigenvalue weighted by Gasteiger charge is -2.09. The summed E-state index contributed by atoms with van der Waals surface area (Å²) in [6.07, 6.45) is 3.98. The molecule has 0 unspecified atom stereocenters. The Morgan fingerprint density at radius 1 is 1.26 bits per heavy atom. The number of methoxy groups -OCH3 is 1.